The normalized spacial score (nSPS) is 10.5. The molecule has 1 aromatic heterocycles. The third kappa shape index (κ3) is 1.38. The first-order chi connectivity index (χ1) is 7.11. The van der Waals surface area contributed by atoms with Gasteiger partial charge in [-0.2, -0.15) is 0 Å². The average Bonchev–Trinajstić information content (AvgIpc) is 2.23. The first-order valence-electron chi connectivity index (χ1n) is 4.34. The largest absolute Gasteiger partial charge is 0.334 e. The Morgan fingerprint density at radius 2 is 2.00 bits per heavy atom. The maximum absolute atomic E-state index is 11.5. The minimum Gasteiger partial charge on any atom is -0.305 e. The van der Waals surface area contributed by atoms with Gasteiger partial charge in [-0.25, -0.2) is 0 Å². The second-order valence-electron chi connectivity index (χ2n) is 3.21. The molecule has 0 unspecified atom stereocenters. The van der Waals surface area contributed by atoms with Gasteiger partial charge in [-0.15, -0.1) is 0 Å². The molecular formula is C10H8N2O3. The van der Waals surface area contributed by atoms with Crippen molar-refractivity contribution in [2.75, 3.05) is 0 Å². The van der Waals surface area contributed by atoms with Gasteiger partial charge in [0.15, 0.2) is 0 Å². The van der Waals surface area contributed by atoms with Gasteiger partial charge in [0.1, 0.15) is 0 Å². The lowest BCUT2D eigenvalue weighted by Crippen LogP contribution is -2.19. The molecule has 0 saturated carbocycles. The molecule has 0 N–H and O–H groups in total. The summed E-state index contributed by atoms with van der Waals surface area (Å²) in [5, 5.41) is 11.3. The van der Waals surface area contributed by atoms with Crippen LogP contribution >= 0.6 is 0 Å². The monoisotopic (exact) mass is 204 g/mol. The highest BCUT2D eigenvalue weighted by Crippen LogP contribution is 2.15. The smallest absolute Gasteiger partial charge is 0.305 e. The maximum atomic E-state index is 11.5. The van der Waals surface area contributed by atoms with Gasteiger partial charge in [-0.05, 0) is 6.07 Å². The van der Waals surface area contributed by atoms with E-state index in [2.05, 4.69) is 0 Å². The number of rotatable bonds is 1. The van der Waals surface area contributed by atoms with E-state index in [0.29, 0.717) is 10.9 Å². The Balaban J connectivity index is 2.95. The molecule has 2 rings (SSSR count). The second kappa shape index (κ2) is 3.20. The van der Waals surface area contributed by atoms with Crippen molar-refractivity contribution in [3.63, 3.8) is 0 Å². The Morgan fingerprint density at radius 3 is 2.67 bits per heavy atom. The average molecular weight is 204 g/mol. The van der Waals surface area contributed by atoms with E-state index in [4.69, 9.17) is 0 Å². The summed E-state index contributed by atoms with van der Waals surface area (Å²) in [7, 11) is 1.53. The van der Waals surface area contributed by atoms with Crippen LogP contribution in [0.2, 0.25) is 0 Å². The van der Waals surface area contributed by atoms with E-state index in [0.717, 1.165) is 0 Å². The molecular weight excluding hydrogens is 196 g/mol. The lowest BCUT2D eigenvalue weighted by molar-refractivity contribution is -0.386. The standard InChI is InChI=1S/C10H8N2O3/c1-11-8-5-3-2-4-7(8)6-9(10(11)13)12(14)15/h2-6H,1H3. The summed E-state index contributed by atoms with van der Waals surface area (Å²) in [6.07, 6.45) is 0. The molecule has 0 aliphatic rings. The number of pyridine rings is 1. The predicted molar refractivity (Wildman–Crippen MR) is 55.8 cm³/mol. The van der Waals surface area contributed by atoms with E-state index in [1.165, 1.54) is 17.7 Å². The van der Waals surface area contributed by atoms with Gasteiger partial charge >= 0.3 is 11.2 Å². The van der Waals surface area contributed by atoms with E-state index in [1.54, 1.807) is 24.3 Å². The van der Waals surface area contributed by atoms with Crippen molar-refractivity contribution in [2.24, 2.45) is 7.05 Å². The quantitative estimate of drug-likeness (QED) is 0.521. The van der Waals surface area contributed by atoms with Crippen molar-refractivity contribution in [1.29, 1.82) is 0 Å². The van der Waals surface area contributed by atoms with Crippen LogP contribution in [0.3, 0.4) is 0 Å². The van der Waals surface area contributed by atoms with Gasteiger partial charge in [0.05, 0.1) is 10.4 Å². The molecule has 5 heteroatoms. The summed E-state index contributed by atoms with van der Waals surface area (Å²) in [6.45, 7) is 0. The van der Waals surface area contributed by atoms with Gasteiger partial charge < -0.3 is 4.57 Å². The molecule has 1 heterocycles. The minimum absolute atomic E-state index is 0.392. The lowest BCUT2D eigenvalue weighted by atomic mass is 10.2. The molecule has 0 fully saturated rings. The van der Waals surface area contributed by atoms with Gasteiger partial charge in [0.2, 0.25) is 0 Å². The third-order valence-corrected chi connectivity index (χ3v) is 2.31. The molecule has 2 aromatic rings. The highest BCUT2D eigenvalue weighted by molar-refractivity contribution is 5.80. The fourth-order valence-corrected chi connectivity index (χ4v) is 1.54. The SMILES string of the molecule is Cn1c(=O)c([N+](=O)[O-])cc2ccccc21. The fraction of sp³-hybridized carbons (Fsp3) is 0.100. The van der Waals surface area contributed by atoms with E-state index in [-0.39, 0.29) is 0 Å². The third-order valence-electron chi connectivity index (χ3n) is 2.31. The van der Waals surface area contributed by atoms with Crippen LogP contribution in [0.15, 0.2) is 35.1 Å². The van der Waals surface area contributed by atoms with Crippen LogP contribution in [-0.2, 0) is 7.05 Å². The zero-order chi connectivity index (χ0) is 11.0. The first kappa shape index (κ1) is 9.39. The molecule has 0 saturated heterocycles. The molecule has 0 spiro atoms. The van der Waals surface area contributed by atoms with Crippen LogP contribution < -0.4 is 5.56 Å². The van der Waals surface area contributed by atoms with E-state index >= 15 is 0 Å². The molecule has 0 bridgehead atoms. The van der Waals surface area contributed by atoms with Crippen LogP contribution in [0.1, 0.15) is 0 Å². The Labute approximate surface area is 84.7 Å². The van der Waals surface area contributed by atoms with Crippen LogP contribution in [-0.4, -0.2) is 9.49 Å². The number of hydrogen-bond donors (Lipinski definition) is 0. The summed E-state index contributed by atoms with van der Waals surface area (Å²) in [4.78, 5) is 21.5. The van der Waals surface area contributed by atoms with Gasteiger partial charge in [-0.3, -0.25) is 14.9 Å². The van der Waals surface area contributed by atoms with Crippen LogP contribution in [0.25, 0.3) is 10.9 Å². The number of aryl methyl sites for hydroxylation is 1. The molecule has 76 valence electrons. The summed E-state index contributed by atoms with van der Waals surface area (Å²) in [6, 6.07) is 8.35. The zero-order valence-corrected chi connectivity index (χ0v) is 8.01. The lowest BCUT2D eigenvalue weighted by Gasteiger charge is -2.03. The van der Waals surface area contributed by atoms with E-state index in [9.17, 15) is 14.9 Å². The van der Waals surface area contributed by atoms with Crippen molar-refractivity contribution in [1.82, 2.24) is 4.57 Å². The number of hydrogen-bond acceptors (Lipinski definition) is 3. The van der Waals surface area contributed by atoms with E-state index < -0.39 is 16.2 Å². The number of fused-ring (bicyclic) bond motifs is 1. The fourth-order valence-electron chi connectivity index (χ4n) is 1.54. The molecule has 0 radical (unpaired) electrons. The van der Waals surface area contributed by atoms with Crippen LogP contribution in [0, 0.1) is 10.1 Å². The Kier molecular flexibility index (Phi) is 2.00. The van der Waals surface area contributed by atoms with Crippen molar-refractivity contribution in [3.05, 3.63) is 50.8 Å². The Bertz CT molecular complexity index is 601. The molecule has 0 aliphatic heterocycles. The van der Waals surface area contributed by atoms with Crippen molar-refractivity contribution in [3.8, 4) is 0 Å². The predicted octanol–water partition coefficient (Wildman–Crippen LogP) is 1.45. The molecule has 0 amide bonds. The van der Waals surface area contributed by atoms with Crippen molar-refractivity contribution in [2.45, 2.75) is 0 Å². The Hall–Kier alpha value is -2.17. The number of aromatic nitrogens is 1. The molecule has 0 atom stereocenters. The molecule has 5 nitrogen and oxygen atoms in total. The highest BCUT2D eigenvalue weighted by atomic mass is 16.6. The Morgan fingerprint density at radius 1 is 1.33 bits per heavy atom. The number of para-hydroxylation sites is 1. The minimum atomic E-state index is -0.658. The highest BCUT2D eigenvalue weighted by Gasteiger charge is 2.15. The van der Waals surface area contributed by atoms with Crippen LogP contribution in [0.4, 0.5) is 5.69 Å². The van der Waals surface area contributed by atoms with Crippen LogP contribution in [0.5, 0.6) is 0 Å². The topological polar surface area (TPSA) is 65.1 Å². The van der Waals surface area contributed by atoms with Crippen molar-refractivity contribution < 1.29 is 4.92 Å². The number of nitrogens with zero attached hydrogens (tertiary/aromatic N) is 2. The van der Waals surface area contributed by atoms with E-state index in [1.807, 2.05) is 0 Å². The molecule has 0 aliphatic carbocycles. The van der Waals surface area contributed by atoms with Gasteiger partial charge in [-0.1, -0.05) is 18.2 Å². The van der Waals surface area contributed by atoms with Gasteiger partial charge in [0, 0.05) is 18.5 Å². The first-order valence-corrected chi connectivity index (χ1v) is 4.34. The number of nitro groups is 1. The summed E-state index contributed by atoms with van der Waals surface area (Å²) < 4.78 is 1.29. The molecule has 1 aromatic carbocycles. The van der Waals surface area contributed by atoms with Crippen molar-refractivity contribution >= 4 is 16.6 Å². The molecule has 15 heavy (non-hydrogen) atoms. The zero-order valence-electron chi connectivity index (χ0n) is 8.01. The summed E-state index contributed by atoms with van der Waals surface area (Å²) in [5.74, 6) is 0. The number of benzene rings is 1. The maximum Gasteiger partial charge on any atom is 0.334 e. The summed E-state index contributed by atoms with van der Waals surface area (Å²) >= 11 is 0. The van der Waals surface area contributed by atoms with Gasteiger partial charge in [0.25, 0.3) is 0 Å². The second-order valence-corrected chi connectivity index (χ2v) is 3.21. The summed E-state index contributed by atoms with van der Waals surface area (Å²) in [5.41, 5.74) is -0.289.